The Morgan fingerprint density at radius 2 is 2.33 bits per heavy atom. The lowest BCUT2D eigenvalue weighted by Crippen LogP contribution is -2.31. The minimum absolute atomic E-state index is 0.195. The van der Waals surface area contributed by atoms with Crippen LogP contribution in [0.4, 0.5) is 11.5 Å². The van der Waals surface area contributed by atoms with Crippen LogP contribution in [-0.2, 0) is 0 Å². The molecule has 1 aromatic heterocycles. The smallest absolute Gasteiger partial charge is 0.338 e. The van der Waals surface area contributed by atoms with E-state index in [0.717, 1.165) is 12.2 Å². The summed E-state index contributed by atoms with van der Waals surface area (Å²) in [5.74, 6) is 0.278. The zero-order chi connectivity index (χ0) is 13.7. The largest absolute Gasteiger partial charge is 0.478 e. The van der Waals surface area contributed by atoms with Gasteiger partial charge < -0.3 is 15.7 Å². The lowest BCUT2D eigenvalue weighted by Gasteiger charge is -2.27. The number of carbonyl (C=O) groups is 1. The molecule has 0 aliphatic carbocycles. The van der Waals surface area contributed by atoms with Crippen molar-refractivity contribution in [2.24, 2.45) is 0 Å². The Hall–Kier alpha value is -1.43. The number of anilines is 2. The van der Waals surface area contributed by atoms with Crippen molar-refractivity contribution in [2.45, 2.75) is 19.4 Å². The maximum absolute atomic E-state index is 11.2. The number of nitrogen functional groups attached to an aromatic ring is 1. The van der Waals surface area contributed by atoms with Gasteiger partial charge in [0, 0.05) is 13.1 Å². The van der Waals surface area contributed by atoms with Crippen LogP contribution in [0.1, 0.15) is 23.7 Å². The van der Waals surface area contributed by atoms with Gasteiger partial charge in [-0.3, -0.25) is 0 Å². The van der Waals surface area contributed by atoms with E-state index in [0.29, 0.717) is 5.69 Å². The molecule has 0 aliphatic heterocycles. The number of carboxylic acids is 1. The zero-order valence-electron chi connectivity index (χ0n) is 10.9. The Morgan fingerprint density at radius 1 is 1.67 bits per heavy atom. The number of nitrogens with two attached hydrogens (primary N) is 1. The summed E-state index contributed by atoms with van der Waals surface area (Å²) in [4.78, 5) is 17.1. The maximum Gasteiger partial charge on any atom is 0.338 e. The predicted molar refractivity (Wildman–Crippen MR) is 76.5 cm³/mol. The molecule has 0 saturated carbocycles. The van der Waals surface area contributed by atoms with E-state index >= 15 is 0 Å². The molecule has 0 amide bonds. The molecule has 0 saturated heterocycles. The first-order valence-corrected chi connectivity index (χ1v) is 7.07. The third kappa shape index (κ3) is 3.53. The van der Waals surface area contributed by atoms with Crippen LogP contribution in [0.3, 0.4) is 0 Å². The molecular weight excluding hydrogens is 250 g/mol. The highest BCUT2D eigenvalue weighted by atomic mass is 32.2. The second-order valence-electron chi connectivity index (χ2n) is 4.17. The summed E-state index contributed by atoms with van der Waals surface area (Å²) < 4.78 is 0. The molecule has 6 heteroatoms. The highest BCUT2D eigenvalue weighted by Crippen LogP contribution is 2.23. The van der Waals surface area contributed by atoms with Crippen molar-refractivity contribution in [2.75, 3.05) is 29.7 Å². The summed E-state index contributed by atoms with van der Waals surface area (Å²) in [6.07, 6.45) is 4.57. The average Bonchev–Trinajstić information content (AvgIpc) is 2.34. The molecule has 0 spiro atoms. The number of carboxylic acid groups (broad SMARTS) is 1. The third-order valence-corrected chi connectivity index (χ3v) is 3.56. The molecular formula is C12H19N3O2S. The van der Waals surface area contributed by atoms with Crippen molar-refractivity contribution >= 4 is 29.2 Å². The fourth-order valence-electron chi connectivity index (χ4n) is 1.64. The molecule has 5 nitrogen and oxygen atoms in total. The van der Waals surface area contributed by atoms with E-state index in [2.05, 4.69) is 18.2 Å². The Labute approximate surface area is 111 Å². The molecule has 0 fully saturated rings. The predicted octanol–water partition coefficient (Wildman–Crippen LogP) is 1.94. The van der Waals surface area contributed by atoms with Crippen molar-refractivity contribution in [1.29, 1.82) is 0 Å². The topological polar surface area (TPSA) is 79.5 Å². The first-order valence-electron chi connectivity index (χ1n) is 5.68. The van der Waals surface area contributed by atoms with Gasteiger partial charge in [0.05, 0.1) is 17.4 Å². The molecule has 1 atom stereocenters. The number of rotatable bonds is 6. The highest BCUT2D eigenvalue weighted by molar-refractivity contribution is 7.98. The van der Waals surface area contributed by atoms with Crippen LogP contribution in [0.25, 0.3) is 0 Å². The number of hydrogen-bond acceptors (Lipinski definition) is 5. The quantitative estimate of drug-likeness (QED) is 0.821. The number of thioether (sulfide) groups is 1. The van der Waals surface area contributed by atoms with Crippen LogP contribution < -0.4 is 10.6 Å². The van der Waals surface area contributed by atoms with Crippen LogP contribution in [0.15, 0.2) is 12.3 Å². The number of aromatic nitrogens is 1. The van der Waals surface area contributed by atoms with Gasteiger partial charge in [0.15, 0.2) is 0 Å². The molecule has 1 aromatic rings. The van der Waals surface area contributed by atoms with E-state index in [1.807, 2.05) is 11.9 Å². The second kappa shape index (κ2) is 6.49. The lowest BCUT2D eigenvalue weighted by molar-refractivity contribution is 0.0697. The fraction of sp³-hybridized carbons (Fsp3) is 0.500. The van der Waals surface area contributed by atoms with Gasteiger partial charge >= 0.3 is 5.97 Å². The summed E-state index contributed by atoms with van der Waals surface area (Å²) in [6.45, 7) is 2.07. The van der Waals surface area contributed by atoms with Gasteiger partial charge in [-0.05, 0) is 31.4 Å². The van der Waals surface area contributed by atoms with E-state index in [-0.39, 0.29) is 17.4 Å². The zero-order valence-corrected chi connectivity index (χ0v) is 11.7. The van der Waals surface area contributed by atoms with E-state index in [4.69, 9.17) is 5.73 Å². The van der Waals surface area contributed by atoms with Gasteiger partial charge in [-0.15, -0.1) is 0 Å². The van der Waals surface area contributed by atoms with Crippen molar-refractivity contribution in [3.63, 3.8) is 0 Å². The van der Waals surface area contributed by atoms with Gasteiger partial charge in [0.2, 0.25) is 0 Å². The summed E-state index contributed by atoms with van der Waals surface area (Å²) >= 11 is 1.78. The third-order valence-electron chi connectivity index (χ3n) is 2.92. The average molecular weight is 269 g/mol. The van der Waals surface area contributed by atoms with Crippen LogP contribution in [0.5, 0.6) is 0 Å². The molecule has 1 heterocycles. The van der Waals surface area contributed by atoms with Gasteiger partial charge in [0.1, 0.15) is 5.82 Å². The van der Waals surface area contributed by atoms with Crippen LogP contribution in [0.2, 0.25) is 0 Å². The van der Waals surface area contributed by atoms with E-state index < -0.39 is 5.97 Å². The summed E-state index contributed by atoms with van der Waals surface area (Å²) in [6, 6.07) is 1.65. The second-order valence-corrected chi connectivity index (χ2v) is 5.16. The minimum Gasteiger partial charge on any atom is -0.478 e. The molecule has 0 radical (unpaired) electrons. The summed E-state index contributed by atoms with van der Waals surface area (Å²) in [5.41, 5.74) is 6.32. The molecule has 1 rings (SSSR count). The molecule has 100 valence electrons. The fourth-order valence-corrected chi connectivity index (χ4v) is 2.21. The SMILES string of the molecule is CSCCC(C)N(C)c1cnc(N)cc1C(=O)O. The first kappa shape index (κ1) is 14.6. The van der Waals surface area contributed by atoms with Gasteiger partial charge in [-0.2, -0.15) is 11.8 Å². The van der Waals surface area contributed by atoms with Crippen molar-refractivity contribution < 1.29 is 9.90 Å². The van der Waals surface area contributed by atoms with E-state index in [1.165, 1.54) is 12.3 Å². The summed E-state index contributed by atoms with van der Waals surface area (Å²) in [5, 5.41) is 9.18. The van der Waals surface area contributed by atoms with E-state index in [1.54, 1.807) is 11.8 Å². The first-order chi connectivity index (χ1) is 8.47. The van der Waals surface area contributed by atoms with Crippen LogP contribution in [0, 0.1) is 0 Å². The van der Waals surface area contributed by atoms with Crippen molar-refractivity contribution in [3.05, 3.63) is 17.8 Å². The molecule has 1 unspecified atom stereocenters. The van der Waals surface area contributed by atoms with Crippen molar-refractivity contribution in [3.8, 4) is 0 Å². The van der Waals surface area contributed by atoms with Gasteiger partial charge in [-0.25, -0.2) is 9.78 Å². The molecule has 18 heavy (non-hydrogen) atoms. The molecule has 0 aromatic carbocycles. The Bertz CT molecular complexity index is 426. The Balaban J connectivity index is 2.97. The normalized spacial score (nSPS) is 12.2. The highest BCUT2D eigenvalue weighted by Gasteiger charge is 2.18. The van der Waals surface area contributed by atoms with Crippen LogP contribution in [-0.4, -0.2) is 41.2 Å². The monoisotopic (exact) mass is 269 g/mol. The number of nitrogens with zero attached hydrogens (tertiary/aromatic N) is 2. The number of hydrogen-bond donors (Lipinski definition) is 2. The number of pyridine rings is 1. The van der Waals surface area contributed by atoms with Crippen LogP contribution >= 0.6 is 11.8 Å². The van der Waals surface area contributed by atoms with Gasteiger partial charge in [-0.1, -0.05) is 0 Å². The molecule has 3 N–H and O–H groups in total. The number of aromatic carboxylic acids is 1. The maximum atomic E-state index is 11.2. The minimum atomic E-state index is -0.983. The van der Waals surface area contributed by atoms with E-state index in [9.17, 15) is 9.90 Å². The van der Waals surface area contributed by atoms with Gasteiger partial charge in [0.25, 0.3) is 0 Å². The Kier molecular flexibility index (Phi) is 5.27. The lowest BCUT2D eigenvalue weighted by atomic mass is 10.1. The standard InChI is InChI=1S/C12H19N3O2S/c1-8(4-5-18-3)15(2)10-7-14-11(13)6-9(10)12(16)17/h6-8H,4-5H2,1-3H3,(H2,13,14)(H,16,17). The summed E-state index contributed by atoms with van der Waals surface area (Å²) in [7, 11) is 1.88. The Morgan fingerprint density at radius 3 is 2.89 bits per heavy atom. The van der Waals surface area contributed by atoms with Crippen molar-refractivity contribution in [1.82, 2.24) is 4.98 Å². The molecule has 0 bridgehead atoms. The molecule has 0 aliphatic rings.